The Labute approximate surface area is 164 Å². The lowest BCUT2D eigenvalue weighted by molar-refractivity contribution is 0.0944. The molecule has 0 aliphatic rings. The van der Waals surface area contributed by atoms with Crippen LogP contribution in [0.4, 0.5) is 10.1 Å². The number of carbonyl (C=O) groups is 1. The van der Waals surface area contributed by atoms with E-state index in [1.807, 2.05) is 0 Å². The van der Waals surface area contributed by atoms with Crippen molar-refractivity contribution in [3.8, 4) is 5.75 Å². The lowest BCUT2D eigenvalue weighted by Gasteiger charge is -2.07. The summed E-state index contributed by atoms with van der Waals surface area (Å²) in [4.78, 5) is 17.2. The average molecular weight is 392 g/mol. The van der Waals surface area contributed by atoms with Crippen molar-refractivity contribution in [3.05, 3.63) is 89.1 Å². The zero-order valence-electron chi connectivity index (χ0n) is 15.5. The van der Waals surface area contributed by atoms with Crippen LogP contribution in [0.3, 0.4) is 0 Å². The summed E-state index contributed by atoms with van der Waals surface area (Å²) in [6.07, 6.45) is 1.52. The minimum atomic E-state index is -0.448. The van der Waals surface area contributed by atoms with E-state index < -0.39 is 11.7 Å². The van der Waals surface area contributed by atoms with Crippen LogP contribution in [0.1, 0.15) is 21.7 Å². The maximum absolute atomic E-state index is 13.7. The average Bonchev–Trinajstić information content (AvgIpc) is 3.22. The summed E-state index contributed by atoms with van der Waals surface area (Å²) in [7, 11) is 0. The number of benzene rings is 2. The highest BCUT2D eigenvalue weighted by molar-refractivity contribution is 5.96. The number of rotatable bonds is 4. The van der Waals surface area contributed by atoms with Crippen LogP contribution in [0, 0.1) is 12.7 Å². The Morgan fingerprint density at radius 2 is 2.03 bits per heavy atom. The predicted molar refractivity (Wildman–Crippen MR) is 104 cm³/mol. The van der Waals surface area contributed by atoms with Gasteiger partial charge in [0.2, 0.25) is 5.55 Å². The second kappa shape index (κ2) is 7.63. The van der Waals surface area contributed by atoms with Crippen LogP contribution < -0.4 is 10.9 Å². The van der Waals surface area contributed by atoms with E-state index >= 15 is 0 Å². The molecule has 0 atom stereocenters. The van der Waals surface area contributed by atoms with Gasteiger partial charge in [0, 0.05) is 11.5 Å². The molecule has 6 nitrogen and oxygen atoms in total. The molecule has 146 valence electrons. The highest BCUT2D eigenvalue weighted by Gasteiger charge is 2.14. The fraction of sp³-hybridized carbons (Fsp3) is 0.0909. The summed E-state index contributed by atoms with van der Waals surface area (Å²) in [5.74, 6) is -0.255. The maximum atomic E-state index is 13.7. The van der Waals surface area contributed by atoms with Crippen molar-refractivity contribution in [2.45, 2.75) is 13.5 Å². The molecule has 29 heavy (non-hydrogen) atoms. The SMILES string of the molecule is Cc1ccc(F)cc1N=c1oc2cc(O)ccc2cc1C(=O)NCc1ccco1. The number of amides is 1. The van der Waals surface area contributed by atoms with Crippen LogP contribution in [0.25, 0.3) is 11.0 Å². The lowest BCUT2D eigenvalue weighted by Crippen LogP contribution is -2.28. The number of furan rings is 1. The van der Waals surface area contributed by atoms with Gasteiger partial charge >= 0.3 is 0 Å². The molecule has 0 saturated carbocycles. The predicted octanol–water partition coefficient (Wildman–Crippen LogP) is 4.34. The number of nitrogens with one attached hydrogen (secondary N) is 1. The Bertz CT molecular complexity index is 1260. The number of fused-ring (bicyclic) bond motifs is 1. The Hall–Kier alpha value is -3.87. The molecule has 0 unspecified atom stereocenters. The van der Waals surface area contributed by atoms with E-state index in [9.17, 15) is 14.3 Å². The molecule has 4 aromatic rings. The van der Waals surface area contributed by atoms with Crippen LogP contribution in [-0.2, 0) is 6.54 Å². The zero-order valence-corrected chi connectivity index (χ0v) is 15.5. The van der Waals surface area contributed by atoms with Gasteiger partial charge in [0.1, 0.15) is 28.5 Å². The molecule has 7 heteroatoms. The van der Waals surface area contributed by atoms with Gasteiger partial charge in [-0.15, -0.1) is 0 Å². The molecule has 0 saturated heterocycles. The normalized spacial score (nSPS) is 11.7. The second-order valence-corrected chi connectivity index (χ2v) is 6.49. The van der Waals surface area contributed by atoms with Crippen molar-refractivity contribution in [1.29, 1.82) is 0 Å². The lowest BCUT2D eigenvalue weighted by atomic mass is 10.1. The Kier molecular flexibility index (Phi) is 4.87. The van der Waals surface area contributed by atoms with Crippen molar-refractivity contribution < 1.29 is 23.1 Å². The van der Waals surface area contributed by atoms with Crippen LogP contribution in [0.5, 0.6) is 5.75 Å². The Morgan fingerprint density at radius 1 is 1.17 bits per heavy atom. The monoisotopic (exact) mass is 392 g/mol. The first-order chi connectivity index (χ1) is 14.0. The van der Waals surface area contributed by atoms with E-state index in [0.717, 1.165) is 5.56 Å². The van der Waals surface area contributed by atoms with Gasteiger partial charge in [-0.05, 0) is 55.0 Å². The van der Waals surface area contributed by atoms with Crippen molar-refractivity contribution in [1.82, 2.24) is 5.32 Å². The summed E-state index contributed by atoms with van der Waals surface area (Å²) in [5.41, 5.74) is 1.60. The second-order valence-electron chi connectivity index (χ2n) is 6.49. The molecule has 4 rings (SSSR count). The largest absolute Gasteiger partial charge is 0.508 e. The third-order valence-electron chi connectivity index (χ3n) is 4.38. The van der Waals surface area contributed by atoms with Crippen LogP contribution in [0.2, 0.25) is 0 Å². The van der Waals surface area contributed by atoms with E-state index in [1.165, 1.54) is 30.5 Å². The van der Waals surface area contributed by atoms with E-state index in [2.05, 4.69) is 10.3 Å². The van der Waals surface area contributed by atoms with Crippen molar-refractivity contribution in [2.24, 2.45) is 4.99 Å². The topological polar surface area (TPSA) is 88.0 Å². The minimum absolute atomic E-state index is 0.00810. The van der Waals surface area contributed by atoms with E-state index in [4.69, 9.17) is 8.83 Å². The molecule has 0 fully saturated rings. The first kappa shape index (κ1) is 18.5. The fourth-order valence-corrected chi connectivity index (χ4v) is 2.84. The molecule has 1 amide bonds. The highest BCUT2D eigenvalue weighted by Crippen LogP contribution is 2.22. The summed E-state index contributed by atoms with van der Waals surface area (Å²) in [6, 6.07) is 13.8. The summed E-state index contributed by atoms with van der Waals surface area (Å²) >= 11 is 0. The van der Waals surface area contributed by atoms with Gasteiger partial charge < -0.3 is 19.3 Å². The number of aryl methyl sites for hydroxylation is 1. The minimum Gasteiger partial charge on any atom is -0.508 e. The molecule has 2 N–H and O–H groups in total. The van der Waals surface area contributed by atoms with Crippen LogP contribution in [0.15, 0.2) is 74.7 Å². The number of phenolic OH excluding ortho intramolecular Hbond substituents is 1. The van der Waals surface area contributed by atoms with Gasteiger partial charge in [-0.1, -0.05) is 6.07 Å². The van der Waals surface area contributed by atoms with Gasteiger partial charge in [0.15, 0.2) is 0 Å². The van der Waals surface area contributed by atoms with E-state index in [1.54, 1.807) is 37.3 Å². The molecular formula is C22H17FN2O4. The molecule has 0 aliphatic carbocycles. The molecule has 2 heterocycles. The number of halogens is 1. The zero-order chi connectivity index (χ0) is 20.4. The Morgan fingerprint density at radius 3 is 2.83 bits per heavy atom. The van der Waals surface area contributed by atoms with Gasteiger partial charge in [-0.25, -0.2) is 9.38 Å². The smallest absolute Gasteiger partial charge is 0.257 e. The number of nitrogens with zero attached hydrogens (tertiary/aromatic N) is 1. The molecule has 0 spiro atoms. The molecule has 2 aromatic heterocycles. The number of phenols is 1. The summed E-state index contributed by atoms with van der Waals surface area (Å²) < 4.78 is 24.7. The van der Waals surface area contributed by atoms with Crippen LogP contribution >= 0.6 is 0 Å². The first-order valence-electron chi connectivity index (χ1n) is 8.88. The van der Waals surface area contributed by atoms with Crippen molar-refractivity contribution in [3.63, 3.8) is 0 Å². The van der Waals surface area contributed by atoms with Gasteiger partial charge in [0.25, 0.3) is 5.91 Å². The maximum Gasteiger partial charge on any atom is 0.257 e. The van der Waals surface area contributed by atoms with Crippen molar-refractivity contribution in [2.75, 3.05) is 0 Å². The van der Waals surface area contributed by atoms with Crippen molar-refractivity contribution >= 4 is 22.6 Å². The number of aromatic hydroxyl groups is 1. The van der Waals surface area contributed by atoms with Gasteiger partial charge in [0.05, 0.1) is 18.5 Å². The molecule has 2 aromatic carbocycles. The standard InChI is InChI=1S/C22H17FN2O4/c1-13-4-6-15(23)10-19(13)25-22-18(21(27)24-12-17-3-2-8-28-17)9-14-5-7-16(26)11-20(14)29-22/h2-11,26H,12H2,1H3,(H,24,27). The molecule has 0 bridgehead atoms. The Balaban J connectivity index is 1.83. The van der Waals surface area contributed by atoms with E-state index in [-0.39, 0.29) is 23.4 Å². The van der Waals surface area contributed by atoms with Crippen LogP contribution in [-0.4, -0.2) is 11.0 Å². The number of hydrogen-bond donors (Lipinski definition) is 2. The summed E-state index contributed by atoms with van der Waals surface area (Å²) in [6.45, 7) is 1.97. The third-order valence-corrected chi connectivity index (χ3v) is 4.38. The summed E-state index contributed by atoms with van der Waals surface area (Å²) in [5, 5.41) is 13.1. The molecule has 0 aliphatic heterocycles. The first-order valence-corrected chi connectivity index (χ1v) is 8.88. The number of hydrogen-bond acceptors (Lipinski definition) is 5. The fourth-order valence-electron chi connectivity index (χ4n) is 2.84. The molecule has 0 radical (unpaired) electrons. The van der Waals surface area contributed by atoms with Gasteiger partial charge in [-0.3, -0.25) is 4.79 Å². The quantitative estimate of drug-likeness (QED) is 0.541. The van der Waals surface area contributed by atoms with E-state index in [0.29, 0.717) is 22.4 Å². The molecular weight excluding hydrogens is 375 g/mol. The highest BCUT2D eigenvalue weighted by atomic mass is 19.1. The van der Waals surface area contributed by atoms with Gasteiger partial charge in [-0.2, -0.15) is 0 Å². The third kappa shape index (κ3) is 4.03. The number of carbonyl (C=O) groups excluding carboxylic acids is 1.